The minimum Gasteiger partial charge on any atom is -0.297 e. The maximum Gasteiger partial charge on any atom is 0.0162 e. The van der Waals surface area contributed by atoms with Crippen LogP contribution >= 0.6 is 0 Å². The highest BCUT2D eigenvalue weighted by Gasteiger charge is 2.38. The second-order valence-corrected chi connectivity index (χ2v) is 9.06. The number of hydrogen-bond donors (Lipinski definition) is 0. The van der Waals surface area contributed by atoms with Crippen molar-refractivity contribution in [3.63, 3.8) is 0 Å². The van der Waals surface area contributed by atoms with Crippen molar-refractivity contribution in [2.45, 2.75) is 85.4 Å². The van der Waals surface area contributed by atoms with E-state index in [0.29, 0.717) is 5.54 Å². The summed E-state index contributed by atoms with van der Waals surface area (Å²) in [6, 6.07) is 0. The average Bonchev–Trinajstić information content (AvgIpc) is 2.08. The van der Waals surface area contributed by atoms with E-state index in [-0.39, 0.29) is 11.1 Å². The predicted molar refractivity (Wildman–Crippen MR) is 85.6 cm³/mol. The Morgan fingerprint density at radius 3 is 1.84 bits per heavy atom. The summed E-state index contributed by atoms with van der Waals surface area (Å²) < 4.78 is 0. The van der Waals surface area contributed by atoms with E-state index in [1.807, 2.05) is 0 Å². The third kappa shape index (κ3) is 4.46. The van der Waals surface area contributed by atoms with Crippen molar-refractivity contribution in [3.05, 3.63) is 0 Å². The largest absolute Gasteiger partial charge is 0.297 e. The van der Waals surface area contributed by atoms with Gasteiger partial charge in [0, 0.05) is 36.3 Å². The first-order valence-electron chi connectivity index (χ1n) is 7.87. The zero-order valence-corrected chi connectivity index (χ0v) is 14.8. The van der Waals surface area contributed by atoms with E-state index in [0.717, 1.165) is 5.92 Å². The zero-order valence-electron chi connectivity index (χ0n) is 14.8. The van der Waals surface area contributed by atoms with Gasteiger partial charge < -0.3 is 0 Å². The lowest BCUT2D eigenvalue weighted by atomic mass is 9.84. The average molecular weight is 268 g/mol. The molecule has 19 heavy (non-hydrogen) atoms. The van der Waals surface area contributed by atoms with Gasteiger partial charge in [0.25, 0.3) is 0 Å². The summed E-state index contributed by atoms with van der Waals surface area (Å²) in [5, 5.41) is 0. The van der Waals surface area contributed by atoms with Crippen LogP contribution in [0.1, 0.15) is 68.7 Å². The van der Waals surface area contributed by atoms with Crippen molar-refractivity contribution < 1.29 is 0 Å². The molecule has 1 aliphatic heterocycles. The first kappa shape index (κ1) is 17.0. The predicted octanol–water partition coefficient (Wildman–Crippen LogP) is 4.01. The van der Waals surface area contributed by atoms with Gasteiger partial charge in [0.2, 0.25) is 0 Å². The number of nitrogens with zero attached hydrogens (tertiary/aromatic N) is 2. The molecule has 1 atom stereocenters. The SMILES string of the molecule is CC1CN(C(C)(C)C)CCN(C(C)(C)C)C(C)(C)C1. The van der Waals surface area contributed by atoms with E-state index >= 15 is 0 Å². The monoisotopic (exact) mass is 268 g/mol. The summed E-state index contributed by atoms with van der Waals surface area (Å²) in [6.07, 6.45) is 1.27. The van der Waals surface area contributed by atoms with Gasteiger partial charge in [-0.3, -0.25) is 9.80 Å². The highest BCUT2D eigenvalue weighted by atomic mass is 15.3. The second kappa shape index (κ2) is 5.37. The lowest BCUT2D eigenvalue weighted by Crippen LogP contribution is -2.60. The van der Waals surface area contributed by atoms with Gasteiger partial charge in [0.05, 0.1) is 0 Å². The summed E-state index contributed by atoms with van der Waals surface area (Å²) in [5.74, 6) is 0.749. The van der Waals surface area contributed by atoms with Crippen molar-refractivity contribution >= 4 is 0 Å². The Hall–Kier alpha value is -0.0800. The van der Waals surface area contributed by atoms with Gasteiger partial charge in [-0.1, -0.05) is 6.92 Å². The van der Waals surface area contributed by atoms with Crippen LogP contribution < -0.4 is 0 Å². The molecule has 2 heteroatoms. The van der Waals surface area contributed by atoms with Gasteiger partial charge in [0.1, 0.15) is 0 Å². The summed E-state index contributed by atoms with van der Waals surface area (Å²) in [6.45, 7) is 24.9. The molecular weight excluding hydrogens is 232 g/mol. The van der Waals surface area contributed by atoms with Crippen LogP contribution in [-0.2, 0) is 0 Å². The van der Waals surface area contributed by atoms with Crippen LogP contribution in [0.2, 0.25) is 0 Å². The molecule has 1 rings (SSSR count). The number of rotatable bonds is 0. The van der Waals surface area contributed by atoms with Gasteiger partial charge in [-0.05, 0) is 67.7 Å². The molecule has 0 bridgehead atoms. The van der Waals surface area contributed by atoms with Gasteiger partial charge in [-0.2, -0.15) is 0 Å². The van der Waals surface area contributed by atoms with Crippen LogP contribution in [0.25, 0.3) is 0 Å². The van der Waals surface area contributed by atoms with Crippen LogP contribution in [0, 0.1) is 5.92 Å². The molecule has 0 amide bonds. The standard InChI is InChI=1S/C17H36N2/c1-14-12-17(8,9)19(16(5,6)7)11-10-18(13-14)15(2,3)4/h14H,10-13H2,1-9H3. The Balaban J connectivity index is 2.96. The molecule has 0 aromatic rings. The smallest absolute Gasteiger partial charge is 0.0162 e. The maximum atomic E-state index is 2.70. The second-order valence-electron chi connectivity index (χ2n) is 9.06. The minimum absolute atomic E-state index is 0.240. The molecule has 0 aromatic heterocycles. The van der Waals surface area contributed by atoms with E-state index in [1.54, 1.807) is 0 Å². The Morgan fingerprint density at radius 1 is 0.895 bits per heavy atom. The molecule has 0 saturated carbocycles. The van der Waals surface area contributed by atoms with Crippen molar-refractivity contribution in [2.75, 3.05) is 19.6 Å². The fraction of sp³-hybridized carbons (Fsp3) is 1.00. The first-order chi connectivity index (χ1) is 8.34. The van der Waals surface area contributed by atoms with Gasteiger partial charge >= 0.3 is 0 Å². The summed E-state index contributed by atoms with van der Waals surface area (Å²) in [7, 11) is 0. The summed E-state index contributed by atoms with van der Waals surface area (Å²) in [5.41, 5.74) is 0.811. The van der Waals surface area contributed by atoms with E-state index in [4.69, 9.17) is 0 Å². The fourth-order valence-corrected chi connectivity index (χ4v) is 3.87. The maximum absolute atomic E-state index is 2.70. The Labute approximate surface area is 121 Å². The molecule has 0 aromatic carbocycles. The molecule has 1 saturated heterocycles. The van der Waals surface area contributed by atoms with E-state index < -0.39 is 0 Å². The van der Waals surface area contributed by atoms with Crippen LogP contribution in [0.3, 0.4) is 0 Å². The zero-order chi connectivity index (χ0) is 15.1. The molecule has 1 fully saturated rings. The molecule has 2 nitrogen and oxygen atoms in total. The van der Waals surface area contributed by atoms with E-state index in [9.17, 15) is 0 Å². The quantitative estimate of drug-likeness (QED) is 0.655. The van der Waals surface area contributed by atoms with Crippen LogP contribution in [0.15, 0.2) is 0 Å². The Morgan fingerprint density at radius 2 is 1.42 bits per heavy atom. The molecule has 0 aliphatic carbocycles. The first-order valence-corrected chi connectivity index (χ1v) is 7.87. The molecule has 0 radical (unpaired) electrons. The highest BCUT2D eigenvalue weighted by molar-refractivity contribution is 4.94. The minimum atomic E-state index is 0.240. The van der Waals surface area contributed by atoms with Crippen molar-refractivity contribution in [1.29, 1.82) is 0 Å². The number of hydrogen-bond acceptors (Lipinski definition) is 2. The molecule has 0 spiro atoms. The molecule has 1 aliphatic rings. The van der Waals surface area contributed by atoms with E-state index in [2.05, 4.69) is 72.1 Å². The van der Waals surface area contributed by atoms with Crippen molar-refractivity contribution in [2.24, 2.45) is 5.92 Å². The van der Waals surface area contributed by atoms with Gasteiger partial charge in [0.15, 0.2) is 0 Å². The van der Waals surface area contributed by atoms with Crippen molar-refractivity contribution in [3.8, 4) is 0 Å². The highest BCUT2D eigenvalue weighted by Crippen LogP contribution is 2.33. The van der Waals surface area contributed by atoms with Crippen LogP contribution in [0.4, 0.5) is 0 Å². The van der Waals surface area contributed by atoms with E-state index in [1.165, 1.54) is 26.1 Å². The van der Waals surface area contributed by atoms with Crippen molar-refractivity contribution in [1.82, 2.24) is 9.80 Å². The Bertz CT molecular complexity index is 293. The lowest BCUT2D eigenvalue weighted by molar-refractivity contribution is -0.0291. The molecule has 0 N–H and O–H groups in total. The summed E-state index contributed by atoms with van der Waals surface area (Å²) >= 11 is 0. The van der Waals surface area contributed by atoms with Gasteiger partial charge in [-0.15, -0.1) is 0 Å². The summed E-state index contributed by atoms with van der Waals surface area (Å²) in [4.78, 5) is 5.36. The molecule has 114 valence electrons. The third-order valence-electron chi connectivity index (χ3n) is 4.46. The van der Waals surface area contributed by atoms with Gasteiger partial charge in [-0.25, -0.2) is 0 Å². The molecule has 1 heterocycles. The van der Waals surface area contributed by atoms with Crippen LogP contribution in [-0.4, -0.2) is 46.1 Å². The molecular formula is C17H36N2. The third-order valence-corrected chi connectivity index (χ3v) is 4.46. The fourth-order valence-electron chi connectivity index (χ4n) is 3.87. The molecule has 1 unspecified atom stereocenters. The normalized spacial score (nSPS) is 27.9. The van der Waals surface area contributed by atoms with Crippen LogP contribution in [0.5, 0.6) is 0 Å². The topological polar surface area (TPSA) is 6.48 Å². The Kier molecular flexibility index (Phi) is 4.79. The lowest BCUT2D eigenvalue weighted by Gasteiger charge is -2.52.